The number of nitrogens with one attached hydrogen (secondary N) is 1. The van der Waals surface area contributed by atoms with Gasteiger partial charge in [-0.15, -0.1) is 0 Å². The zero-order valence-corrected chi connectivity index (χ0v) is 9.17. The Morgan fingerprint density at radius 1 is 1.29 bits per heavy atom. The van der Waals surface area contributed by atoms with Gasteiger partial charge in [-0.25, -0.2) is 5.48 Å². The van der Waals surface area contributed by atoms with Gasteiger partial charge in [-0.05, 0) is 24.6 Å². The molecular weight excluding hydrogens is 235 g/mol. The number of benzene rings is 1. The lowest BCUT2D eigenvalue weighted by Crippen LogP contribution is -2.25. The lowest BCUT2D eigenvalue weighted by molar-refractivity contribution is -0.137. The van der Waals surface area contributed by atoms with E-state index in [4.69, 9.17) is 0 Å². The van der Waals surface area contributed by atoms with E-state index in [0.717, 1.165) is 12.1 Å². The summed E-state index contributed by atoms with van der Waals surface area (Å²) in [5.74, 6) is -0.397. The van der Waals surface area contributed by atoms with E-state index in [-0.39, 0.29) is 6.42 Å². The van der Waals surface area contributed by atoms with Crippen molar-refractivity contribution in [2.45, 2.75) is 19.5 Å². The Kier molecular flexibility index (Phi) is 4.51. The second-order valence-electron chi connectivity index (χ2n) is 3.33. The van der Waals surface area contributed by atoms with Crippen LogP contribution in [-0.4, -0.2) is 12.5 Å². The zero-order valence-electron chi connectivity index (χ0n) is 9.17. The molecule has 0 aliphatic heterocycles. The average molecular weight is 247 g/mol. The van der Waals surface area contributed by atoms with E-state index in [1.807, 2.05) is 0 Å². The minimum Gasteiger partial charge on any atom is -0.274 e. The molecule has 0 fully saturated rings. The molecule has 1 amide bonds. The summed E-state index contributed by atoms with van der Waals surface area (Å²) >= 11 is 0. The highest BCUT2D eigenvalue weighted by molar-refractivity contribution is 5.77. The van der Waals surface area contributed by atoms with Gasteiger partial charge in [-0.2, -0.15) is 13.2 Å². The second-order valence-corrected chi connectivity index (χ2v) is 3.33. The van der Waals surface area contributed by atoms with Gasteiger partial charge < -0.3 is 0 Å². The highest BCUT2D eigenvalue weighted by Gasteiger charge is 2.29. The van der Waals surface area contributed by atoms with Crippen LogP contribution in [0.2, 0.25) is 0 Å². The summed E-state index contributed by atoms with van der Waals surface area (Å²) in [5.41, 5.74) is 1.93. The smallest absolute Gasteiger partial charge is 0.274 e. The van der Waals surface area contributed by atoms with E-state index in [1.165, 1.54) is 12.1 Å². The van der Waals surface area contributed by atoms with Crippen LogP contribution in [0.25, 0.3) is 0 Å². The van der Waals surface area contributed by atoms with E-state index < -0.39 is 17.6 Å². The minimum absolute atomic E-state index is 0.0157. The molecule has 0 saturated carbocycles. The Bertz CT molecular complexity index is 373. The van der Waals surface area contributed by atoms with E-state index in [0.29, 0.717) is 12.2 Å². The SMILES string of the molecule is CCONC(=O)Cc1ccc(C(F)(F)F)cc1. The molecule has 94 valence electrons. The fraction of sp³-hybridized carbons (Fsp3) is 0.364. The van der Waals surface area contributed by atoms with Gasteiger partial charge in [0.15, 0.2) is 0 Å². The van der Waals surface area contributed by atoms with Crippen LogP contribution >= 0.6 is 0 Å². The number of alkyl halides is 3. The summed E-state index contributed by atoms with van der Waals surface area (Å²) in [6, 6.07) is 4.44. The summed E-state index contributed by atoms with van der Waals surface area (Å²) in [6.45, 7) is 2.04. The molecule has 0 saturated heterocycles. The van der Waals surface area contributed by atoms with Crippen molar-refractivity contribution < 1.29 is 22.8 Å². The van der Waals surface area contributed by atoms with Crippen molar-refractivity contribution in [3.63, 3.8) is 0 Å². The Morgan fingerprint density at radius 3 is 2.35 bits per heavy atom. The highest BCUT2D eigenvalue weighted by atomic mass is 19.4. The fourth-order valence-electron chi connectivity index (χ4n) is 1.19. The maximum Gasteiger partial charge on any atom is 0.416 e. The first-order valence-corrected chi connectivity index (χ1v) is 5.00. The molecule has 6 heteroatoms. The average Bonchev–Trinajstić information content (AvgIpc) is 2.26. The van der Waals surface area contributed by atoms with Gasteiger partial charge in [-0.1, -0.05) is 12.1 Å². The molecule has 3 nitrogen and oxygen atoms in total. The van der Waals surface area contributed by atoms with Crippen LogP contribution in [-0.2, 0) is 22.2 Å². The maximum atomic E-state index is 12.2. The molecule has 0 aromatic heterocycles. The number of amides is 1. The van der Waals surface area contributed by atoms with Crippen LogP contribution in [0.4, 0.5) is 13.2 Å². The molecule has 1 rings (SSSR count). The maximum absolute atomic E-state index is 12.2. The number of carbonyl (C=O) groups is 1. The zero-order chi connectivity index (χ0) is 12.9. The van der Waals surface area contributed by atoms with Gasteiger partial charge in [0.05, 0.1) is 18.6 Å². The molecular formula is C11H12F3NO2. The third kappa shape index (κ3) is 4.44. The molecule has 1 N–H and O–H groups in total. The van der Waals surface area contributed by atoms with Crippen molar-refractivity contribution in [2.24, 2.45) is 0 Å². The van der Waals surface area contributed by atoms with Gasteiger partial charge in [0.25, 0.3) is 0 Å². The molecule has 1 aromatic carbocycles. The molecule has 1 aromatic rings. The number of hydrogen-bond acceptors (Lipinski definition) is 2. The quantitative estimate of drug-likeness (QED) is 0.829. The first-order chi connectivity index (χ1) is 7.93. The van der Waals surface area contributed by atoms with Crippen molar-refractivity contribution in [2.75, 3.05) is 6.61 Å². The monoisotopic (exact) mass is 247 g/mol. The molecule has 0 aliphatic rings. The van der Waals surface area contributed by atoms with Gasteiger partial charge in [0, 0.05) is 0 Å². The van der Waals surface area contributed by atoms with Crippen LogP contribution in [0.1, 0.15) is 18.1 Å². The lowest BCUT2D eigenvalue weighted by atomic mass is 10.1. The first kappa shape index (κ1) is 13.5. The van der Waals surface area contributed by atoms with Crippen LogP contribution in [0.5, 0.6) is 0 Å². The molecule has 0 heterocycles. The number of rotatable bonds is 4. The van der Waals surface area contributed by atoms with Gasteiger partial charge in [0.1, 0.15) is 0 Å². The number of carbonyl (C=O) groups excluding carboxylic acids is 1. The normalized spacial score (nSPS) is 11.3. The largest absolute Gasteiger partial charge is 0.416 e. The Balaban J connectivity index is 2.60. The predicted molar refractivity (Wildman–Crippen MR) is 54.9 cm³/mol. The standard InChI is InChI=1S/C11H12F3NO2/c1-2-17-15-10(16)7-8-3-5-9(6-4-8)11(12,13)14/h3-6H,2,7H2,1H3,(H,15,16). The predicted octanol–water partition coefficient (Wildman–Crippen LogP) is 2.32. The molecule has 0 spiro atoms. The fourth-order valence-corrected chi connectivity index (χ4v) is 1.19. The van der Waals surface area contributed by atoms with Crippen LogP contribution in [0.3, 0.4) is 0 Å². The molecule has 0 bridgehead atoms. The third-order valence-electron chi connectivity index (χ3n) is 1.98. The van der Waals surface area contributed by atoms with Crippen molar-refractivity contribution in [1.29, 1.82) is 0 Å². The first-order valence-electron chi connectivity index (χ1n) is 5.00. The van der Waals surface area contributed by atoms with E-state index >= 15 is 0 Å². The Morgan fingerprint density at radius 2 is 1.88 bits per heavy atom. The van der Waals surface area contributed by atoms with Crippen LogP contribution in [0.15, 0.2) is 24.3 Å². The molecule has 0 aliphatic carbocycles. The second kappa shape index (κ2) is 5.67. The Labute approximate surface area is 96.5 Å². The molecule has 17 heavy (non-hydrogen) atoms. The molecule has 0 atom stereocenters. The van der Waals surface area contributed by atoms with Crippen molar-refractivity contribution in [3.05, 3.63) is 35.4 Å². The summed E-state index contributed by atoms with van der Waals surface area (Å²) in [7, 11) is 0. The number of halogens is 3. The van der Waals surface area contributed by atoms with E-state index in [9.17, 15) is 18.0 Å². The summed E-state index contributed by atoms with van der Waals surface area (Å²) in [6.07, 6.45) is -4.37. The van der Waals surface area contributed by atoms with Crippen molar-refractivity contribution >= 4 is 5.91 Å². The van der Waals surface area contributed by atoms with Gasteiger partial charge in [0.2, 0.25) is 5.91 Å². The summed E-state index contributed by atoms with van der Waals surface area (Å²) in [5, 5.41) is 0. The minimum atomic E-state index is -4.36. The summed E-state index contributed by atoms with van der Waals surface area (Å²) in [4.78, 5) is 15.9. The van der Waals surface area contributed by atoms with E-state index in [2.05, 4.69) is 10.3 Å². The van der Waals surface area contributed by atoms with Crippen molar-refractivity contribution in [3.8, 4) is 0 Å². The molecule has 0 radical (unpaired) electrons. The highest BCUT2D eigenvalue weighted by Crippen LogP contribution is 2.29. The topological polar surface area (TPSA) is 38.3 Å². The van der Waals surface area contributed by atoms with Gasteiger partial charge >= 0.3 is 6.18 Å². The lowest BCUT2D eigenvalue weighted by Gasteiger charge is -2.07. The number of hydrogen-bond donors (Lipinski definition) is 1. The van der Waals surface area contributed by atoms with Crippen LogP contribution in [0, 0.1) is 0 Å². The third-order valence-corrected chi connectivity index (χ3v) is 1.98. The molecule has 0 unspecified atom stereocenters. The summed E-state index contributed by atoms with van der Waals surface area (Å²) < 4.78 is 36.7. The van der Waals surface area contributed by atoms with Crippen LogP contribution < -0.4 is 5.48 Å². The Hall–Kier alpha value is -1.56. The van der Waals surface area contributed by atoms with Gasteiger partial charge in [-0.3, -0.25) is 9.63 Å². The van der Waals surface area contributed by atoms with E-state index in [1.54, 1.807) is 6.92 Å². The van der Waals surface area contributed by atoms with Crippen molar-refractivity contribution in [1.82, 2.24) is 5.48 Å². The number of hydroxylamine groups is 1.